The second-order valence-corrected chi connectivity index (χ2v) is 14.1. The third-order valence-electron chi connectivity index (χ3n) is 9.91. The van der Waals surface area contributed by atoms with Gasteiger partial charge in [-0.05, 0) is 70.3 Å². The van der Waals surface area contributed by atoms with E-state index < -0.39 is 35.3 Å². The average Bonchev–Trinajstić information content (AvgIpc) is 3.55. The van der Waals surface area contributed by atoms with Crippen molar-refractivity contribution in [2.24, 2.45) is 0 Å². The minimum Gasteiger partial charge on any atom is -0.384 e. The number of carbonyl (C=O) groups excluding carboxylic acids is 4. The number of nitrogens with zero attached hydrogens (tertiary/aromatic N) is 7. The number of aliphatic hydroxyl groups is 1. The summed E-state index contributed by atoms with van der Waals surface area (Å²) in [4.78, 5) is 81.1. The van der Waals surface area contributed by atoms with Crippen LogP contribution in [0.1, 0.15) is 72.4 Å². The molecule has 0 spiro atoms. The van der Waals surface area contributed by atoms with Gasteiger partial charge in [0.15, 0.2) is 11.5 Å². The number of fused-ring (bicyclic) bond motifs is 2. The summed E-state index contributed by atoms with van der Waals surface area (Å²) in [6.45, 7) is 10.4. The van der Waals surface area contributed by atoms with Crippen molar-refractivity contribution in [1.29, 1.82) is 0 Å². The van der Waals surface area contributed by atoms with Gasteiger partial charge in [-0.25, -0.2) is 19.3 Å². The van der Waals surface area contributed by atoms with Crippen LogP contribution < -0.4 is 21.5 Å². The van der Waals surface area contributed by atoms with Gasteiger partial charge in [-0.1, -0.05) is 18.2 Å². The average molecular weight is 723 g/mol. The van der Waals surface area contributed by atoms with E-state index in [9.17, 15) is 29.1 Å². The largest absolute Gasteiger partial charge is 0.384 e. The van der Waals surface area contributed by atoms with Crippen molar-refractivity contribution in [2.75, 3.05) is 36.8 Å². The molecule has 3 aliphatic heterocycles. The number of anilines is 2. The topological polar surface area (TPSA) is 197 Å². The van der Waals surface area contributed by atoms with E-state index in [4.69, 9.17) is 4.98 Å². The van der Waals surface area contributed by atoms with E-state index in [2.05, 4.69) is 37.4 Å². The van der Waals surface area contributed by atoms with Crippen LogP contribution in [-0.4, -0.2) is 101 Å². The Labute approximate surface area is 304 Å². The number of benzene rings is 1. The molecule has 16 nitrogen and oxygen atoms in total. The van der Waals surface area contributed by atoms with Gasteiger partial charge in [-0.2, -0.15) is 4.98 Å². The number of aromatic nitrogens is 5. The smallest absolute Gasteiger partial charge is 0.278 e. The molecule has 16 heteroatoms. The summed E-state index contributed by atoms with van der Waals surface area (Å²) < 4.78 is 3.14. The molecule has 0 bridgehead atoms. The number of rotatable bonds is 12. The molecule has 0 saturated carbocycles. The lowest BCUT2D eigenvalue weighted by atomic mass is 10.0. The van der Waals surface area contributed by atoms with Gasteiger partial charge in [-0.15, -0.1) is 6.58 Å². The summed E-state index contributed by atoms with van der Waals surface area (Å²) in [6.07, 6.45) is 5.84. The number of carbonyl (C=O) groups is 4. The zero-order chi connectivity index (χ0) is 37.4. The number of hydrogen-bond donors (Lipinski definition) is 4. The molecule has 4 amide bonds. The molecule has 0 aliphatic carbocycles. The van der Waals surface area contributed by atoms with Gasteiger partial charge in [0.1, 0.15) is 17.0 Å². The number of hydrogen-bond acceptors (Lipinski definition) is 12. The van der Waals surface area contributed by atoms with E-state index in [0.717, 1.165) is 43.8 Å². The predicted octanol–water partition coefficient (Wildman–Crippen LogP) is 2.17. The molecular formula is C37H42N10O6. The highest BCUT2D eigenvalue weighted by atomic mass is 16.3. The highest BCUT2D eigenvalue weighted by Crippen LogP contribution is 2.32. The van der Waals surface area contributed by atoms with Crippen LogP contribution in [0.5, 0.6) is 0 Å². The van der Waals surface area contributed by atoms with Crippen LogP contribution in [0, 0.1) is 0 Å². The number of amides is 4. The normalized spacial score (nSPS) is 18.4. The molecule has 3 aliphatic rings. The number of likely N-dealkylation sites (tertiary alicyclic amines) is 1. The third-order valence-corrected chi connectivity index (χ3v) is 9.91. The lowest BCUT2D eigenvalue weighted by molar-refractivity contribution is -0.136. The van der Waals surface area contributed by atoms with Crippen LogP contribution in [0.25, 0.3) is 16.9 Å². The van der Waals surface area contributed by atoms with E-state index in [-0.39, 0.29) is 42.1 Å². The molecule has 276 valence electrons. The van der Waals surface area contributed by atoms with Gasteiger partial charge in [0, 0.05) is 44.0 Å². The molecule has 7 rings (SSSR count). The summed E-state index contributed by atoms with van der Waals surface area (Å²) in [5.41, 5.74) is 0.455. The summed E-state index contributed by atoms with van der Waals surface area (Å²) in [7, 11) is 0. The van der Waals surface area contributed by atoms with Crippen LogP contribution in [0.3, 0.4) is 0 Å². The maximum atomic E-state index is 13.4. The maximum Gasteiger partial charge on any atom is 0.278 e. The summed E-state index contributed by atoms with van der Waals surface area (Å²) >= 11 is 0. The van der Waals surface area contributed by atoms with Crippen molar-refractivity contribution in [1.82, 2.24) is 39.4 Å². The van der Waals surface area contributed by atoms with Gasteiger partial charge in [0.05, 0.1) is 23.4 Å². The molecule has 1 atom stereocenters. The number of piperidine rings is 2. The lowest BCUT2D eigenvalue weighted by Gasteiger charge is -2.32. The van der Waals surface area contributed by atoms with Gasteiger partial charge in [-0.3, -0.25) is 34.2 Å². The number of allylic oxidation sites excluding steroid dienone is 1. The first-order valence-corrected chi connectivity index (χ1v) is 17.8. The fourth-order valence-electron chi connectivity index (χ4n) is 7.17. The number of nitrogens with one attached hydrogen (secondary N) is 3. The van der Waals surface area contributed by atoms with Gasteiger partial charge in [0.25, 0.3) is 17.4 Å². The van der Waals surface area contributed by atoms with Crippen molar-refractivity contribution >= 4 is 46.3 Å². The van der Waals surface area contributed by atoms with Crippen molar-refractivity contribution < 1.29 is 24.3 Å². The van der Waals surface area contributed by atoms with Crippen LogP contribution in [0.4, 0.5) is 11.6 Å². The molecule has 1 aromatic carbocycles. The fourth-order valence-corrected chi connectivity index (χ4v) is 7.17. The maximum absolute atomic E-state index is 13.4. The van der Waals surface area contributed by atoms with E-state index >= 15 is 0 Å². The van der Waals surface area contributed by atoms with Crippen LogP contribution >= 0.6 is 0 Å². The highest BCUT2D eigenvalue weighted by molar-refractivity contribution is 6.25. The van der Waals surface area contributed by atoms with E-state index in [1.807, 2.05) is 0 Å². The minimum absolute atomic E-state index is 0.0685. The van der Waals surface area contributed by atoms with Crippen molar-refractivity contribution in [3.05, 3.63) is 82.4 Å². The van der Waals surface area contributed by atoms with Crippen LogP contribution in [0.2, 0.25) is 0 Å². The first-order valence-electron chi connectivity index (χ1n) is 17.8. The van der Waals surface area contributed by atoms with Gasteiger partial charge < -0.3 is 20.6 Å². The Morgan fingerprint density at radius 2 is 1.79 bits per heavy atom. The third kappa shape index (κ3) is 6.94. The van der Waals surface area contributed by atoms with E-state index in [1.165, 1.54) is 10.9 Å². The SMILES string of the molecule is C=CCn1c(=O)c2cnc(NC3CCN(CCCNc4cccc5c4C(=O)N(C4CCC(=O)NC4=O)C5=O)CC3)nc2n1-c1cccc(C(C)(C)O)n1. The zero-order valence-corrected chi connectivity index (χ0v) is 29.7. The zero-order valence-electron chi connectivity index (χ0n) is 29.7. The first-order chi connectivity index (χ1) is 25.4. The molecule has 4 aromatic rings. The first kappa shape index (κ1) is 35.7. The second-order valence-electron chi connectivity index (χ2n) is 14.1. The standard InChI is InChI=1S/C37H42N10O6/c1-4-17-45-33(50)24-21-39-36(43-31(24)47(45)28-11-6-10-27(41-28)37(2,3)53)40-22-14-19-44(20-15-22)18-7-16-38-25-9-5-8-23-30(25)35(52)46(34(23)51)26-12-13-29(48)42-32(26)49/h4-6,8-11,21-22,26,38,53H,1,7,12-20H2,2-3H3,(H,39,40,43)(H,42,48,49). The summed E-state index contributed by atoms with van der Waals surface area (Å²) in [5, 5.41) is 19.9. The Bertz CT molecular complexity index is 2180. The van der Waals surface area contributed by atoms with Crippen LogP contribution in [0.15, 0.2) is 60.0 Å². The Morgan fingerprint density at radius 1 is 1.02 bits per heavy atom. The molecule has 3 aromatic heterocycles. The Balaban J connectivity index is 0.951. The number of imide groups is 2. The summed E-state index contributed by atoms with van der Waals surface area (Å²) in [6, 6.07) is 9.44. The van der Waals surface area contributed by atoms with E-state index in [1.54, 1.807) is 61.0 Å². The molecule has 53 heavy (non-hydrogen) atoms. The Morgan fingerprint density at radius 3 is 2.53 bits per heavy atom. The Hall–Kier alpha value is -5.74. The predicted molar refractivity (Wildman–Crippen MR) is 196 cm³/mol. The number of pyridine rings is 1. The summed E-state index contributed by atoms with van der Waals surface area (Å²) in [5.74, 6) is -1.26. The molecule has 0 radical (unpaired) electrons. The molecule has 2 saturated heterocycles. The minimum atomic E-state index is -1.18. The molecular weight excluding hydrogens is 680 g/mol. The van der Waals surface area contributed by atoms with E-state index in [0.29, 0.717) is 40.7 Å². The quantitative estimate of drug-likeness (QED) is 0.0947. The fraction of sp³-hybridized carbons (Fsp3) is 0.405. The van der Waals surface area contributed by atoms with Crippen molar-refractivity contribution in [3.8, 4) is 5.82 Å². The molecule has 6 heterocycles. The lowest BCUT2D eigenvalue weighted by Crippen LogP contribution is -2.54. The van der Waals surface area contributed by atoms with Crippen molar-refractivity contribution in [2.45, 2.75) is 70.2 Å². The van der Waals surface area contributed by atoms with Crippen molar-refractivity contribution in [3.63, 3.8) is 0 Å². The van der Waals surface area contributed by atoms with Gasteiger partial charge >= 0.3 is 0 Å². The molecule has 4 N–H and O–H groups in total. The van der Waals surface area contributed by atoms with Gasteiger partial charge in [0.2, 0.25) is 17.8 Å². The second kappa shape index (κ2) is 14.4. The van der Waals surface area contributed by atoms with Crippen LogP contribution in [-0.2, 0) is 21.7 Å². The molecule has 1 unspecified atom stereocenters. The highest BCUT2D eigenvalue weighted by Gasteiger charge is 2.45. The molecule has 2 fully saturated rings. The monoisotopic (exact) mass is 722 g/mol. The Kier molecular flexibility index (Phi) is 9.65.